The Morgan fingerprint density at radius 2 is 1.93 bits per heavy atom. The van der Waals surface area contributed by atoms with Gasteiger partial charge in [0.2, 0.25) is 0 Å². The molecule has 6 rings (SSSR count). The number of H-pyrrole nitrogens is 1. The molecule has 0 aliphatic carbocycles. The van der Waals surface area contributed by atoms with Crippen molar-refractivity contribution >= 4 is 49.3 Å². The van der Waals surface area contributed by atoms with Crippen LogP contribution in [0.25, 0.3) is 21.6 Å². The molecule has 0 amide bonds. The van der Waals surface area contributed by atoms with Crippen LogP contribution >= 0.6 is 22.7 Å². The molecular weight excluding hydrogens is 593 g/mol. The molecule has 0 radical (unpaired) electrons. The second kappa shape index (κ2) is 12.9. The van der Waals surface area contributed by atoms with Crippen molar-refractivity contribution in [3.05, 3.63) is 71.3 Å². The normalized spacial score (nSPS) is 14.9. The van der Waals surface area contributed by atoms with Crippen molar-refractivity contribution in [1.82, 2.24) is 24.8 Å². The van der Waals surface area contributed by atoms with Gasteiger partial charge in [-0.3, -0.25) is 9.21 Å². The Balaban J connectivity index is 1.18. The van der Waals surface area contributed by atoms with Gasteiger partial charge in [0, 0.05) is 55.1 Å². The number of ether oxygens (including phenoxy) is 2. The summed E-state index contributed by atoms with van der Waals surface area (Å²) < 4.78 is 40.5. The minimum atomic E-state index is -3.75. The number of likely N-dealkylation sites (tertiary alicyclic amines) is 1. The van der Waals surface area contributed by atoms with Crippen LogP contribution in [0.15, 0.2) is 70.6 Å². The first-order valence-corrected chi connectivity index (χ1v) is 17.0. The van der Waals surface area contributed by atoms with E-state index < -0.39 is 10.0 Å². The number of hydrogen-bond donors (Lipinski definition) is 1. The number of thiazole rings is 1. The van der Waals surface area contributed by atoms with E-state index in [2.05, 4.69) is 19.9 Å². The van der Waals surface area contributed by atoms with E-state index in [1.54, 1.807) is 47.3 Å². The Bertz CT molecular complexity index is 1700. The molecule has 1 fully saturated rings. The Morgan fingerprint density at radius 3 is 2.69 bits per heavy atom. The summed E-state index contributed by atoms with van der Waals surface area (Å²) in [6.07, 6.45) is 7.28. The molecule has 0 unspecified atom stereocenters. The third-order valence-corrected chi connectivity index (χ3v) is 11.3. The van der Waals surface area contributed by atoms with Gasteiger partial charge in [0.25, 0.3) is 10.0 Å². The lowest BCUT2D eigenvalue weighted by atomic mass is 10.1. The van der Waals surface area contributed by atoms with Gasteiger partial charge in [-0.2, -0.15) is 0 Å². The number of hydrogen-bond acceptors (Lipinski definition) is 10. The van der Waals surface area contributed by atoms with Gasteiger partial charge in [-0.05, 0) is 49.4 Å². The van der Waals surface area contributed by atoms with E-state index >= 15 is 0 Å². The fraction of sp³-hybridized carbons (Fsp3) is 0.345. The van der Waals surface area contributed by atoms with Gasteiger partial charge in [-0.1, -0.05) is 18.2 Å². The molecule has 0 atom stereocenters. The van der Waals surface area contributed by atoms with Gasteiger partial charge >= 0.3 is 6.01 Å². The lowest BCUT2D eigenvalue weighted by Gasteiger charge is -2.31. The molecule has 220 valence electrons. The summed E-state index contributed by atoms with van der Waals surface area (Å²) in [6.45, 7) is 5.60. The summed E-state index contributed by atoms with van der Waals surface area (Å²) in [5, 5.41) is 3.57. The third-order valence-electron chi connectivity index (χ3n) is 7.10. The van der Waals surface area contributed by atoms with E-state index in [0.29, 0.717) is 29.1 Å². The van der Waals surface area contributed by atoms with Crippen LogP contribution in [0.3, 0.4) is 0 Å². The molecule has 13 heteroatoms. The van der Waals surface area contributed by atoms with Gasteiger partial charge in [0.05, 0.1) is 30.0 Å². The second-order valence-electron chi connectivity index (χ2n) is 9.89. The number of anilines is 1. The SMILES string of the molecule is CCOCCN(c1cccc2cc(-c3ncc(CN4CCC(Oc5ncccn5)CC4)s3)[nH]c12)S(=O)(=O)c1cccs1. The lowest BCUT2D eigenvalue weighted by Crippen LogP contribution is -2.37. The summed E-state index contributed by atoms with van der Waals surface area (Å²) in [6, 6.07) is 13.4. The number of aromatic amines is 1. The van der Waals surface area contributed by atoms with Gasteiger partial charge in [-0.25, -0.2) is 23.4 Å². The van der Waals surface area contributed by atoms with E-state index in [0.717, 1.165) is 54.1 Å². The van der Waals surface area contributed by atoms with Crippen molar-refractivity contribution in [3.63, 3.8) is 0 Å². The van der Waals surface area contributed by atoms with Crippen LogP contribution in [0.5, 0.6) is 6.01 Å². The van der Waals surface area contributed by atoms with Crippen LogP contribution < -0.4 is 9.04 Å². The molecule has 1 aromatic carbocycles. The summed E-state index contributed by atoms with van der Waals surface area (Å²) >= 11 is 2.86. The number of para-hydroxylation sites is 1. The number of piperidine rings is 1. The van der Waals surface area contributed by atoms with Crippen LogP contribution in [-0.4, -0.2) is 72.2 Å². The first kappa shape index (κ1) is 28.7. The summed E-state index contributed by atoms with van der Waals surface area (Å²) in [5.41, 5.74) is 2.21. The van der Waals surface area contributed by atoms with Gasteiger partial charge in [0.1, 0.15) is 15.3 Å². The molecule has 42 heavy (non-hydrogen) atoms. The van der Waals surface area contributed by atoms with Crippen molar-refractivity contribution in [3.8, 4) is 16.7 Å². The molecule has 5 heterocycles. The molecule has 1 aliphatic rings. The predicted octanol–water partition coefficient (Wildman–Crippen LogP) is 5.42. The number of rotatable bonds is 12. The fourth-order valence-corrected chi connectivity index (χ4v) is 8.54. The Hall–Kier alpha value is -3.36. The number of nitrogens with zero attached hydrogens (tertiary/aromatic N) is 5. The van der Waals surface area contributed by atoms with Crippen LogP contribution in [0.4, 0.5) is 5.69 Å². The van der Waals surface area contributed by atoms with Crippen molar-refractivity contribution in [2.75, 3.05) is 37.2 Å². The summed E-state index contributed by atoms with van der Waals surface area (Å²) in [5.74, 6) is 0. The van der Waals surface area contributed by atoms with Crippen molar-refractivity contribution in [2.45, 2.75) is 36.6 Å². The van der Waals surface area contributed by atoms with Gasteiger partial charge < -0.3 is 14.5 Å². The number of benzene rings is 1. The average molecular weight is 625 g/mol. The first-order valence-electron chi connectivity index (χ1n) is 13.9. The molecule has 1 saturated heterocycles. The van der Waals surface area contributed by atoms with E-state index in [1.165, 1.54) is 20.5 Å². The Morgan fingerprint density at radius 1 is 1.10 bits per heavy atom. The Labute approximate surface area is 253 Å². The van der Waals surface area contributed by atoms with E-state index in [9.17, 15) is 8.42 Å². The standard InChI is InChI=1S/C29H32N6O4S3/c1-2-38-16-15-35(42(36,37)26-8-4-17-40-26)25-7-3-6-21-18-24(33-27(21)25)28-32-19-23(41-28)20-34-13-9-22(10-14-34)39-29-30-11-5-12-31-29/h3-8,11-12,17-19,22,33H,2,9-10,13-16,20H2,1H3. The first-order chi connectivity index (χ1) is 20.5. The van der Waals surface area contributed by atoms with Crippen molar-refractivity contribution in [1.29, 1.82) is 0 Å². The van der Waals surface area contributed by atoms with Gasteiger partial charge in [0.15, 0.2) is 0 Å². The fourth-order valence-electron chi connectivity index (χ4n) is 5.05. The topological polar surface area (TPSA) is 114 Å². The highest BCUT2D eigenvalue weighted by atomic mass is 32.2. The number of fused-ring (bicyclic) bond motifs is 1. The van der Waals surface area contributed by atoms with E-state index in [-0.39, 0.29) is 12.6 Å². The molecular formula is C29H32N6O4S3. The number of sulfonamides is 1. The molecule has 0 spiro atoms. The zero-order chi connectivity index (χ0) is 28.9. The van der Waals surface area contributed by atoms with Crippen LogP contribution in [-0.2, 0) is 21.3 Å². The number of aromatic nitrogens is 4. The number of thiophene rings is 1. The molecule has 10 nitrogen and oxygen atoms in total. The zero-order valence-electron chi connectivity index (χ0n) is 23.2. The third kappa shape index (κ3) is 6.35. The minimum absolute atomic E-state index is 0.123. The number of nitrogens with one attached hydrogen (secondary N) is 1. The average Bonchev–Trinajstić information content (AvgIpc) is 3.78. The summed E-state index contributed by atoms with van der Waals surface area (Å²) in [4.78, 5) is 20.1. The minimum Gasteiger partial charge on any atom is -0.460 e. The molecule has 4 aromatic heterocycles. The maximum absolute atomic E-state index is 13.7. The highest BCUT2D eigenvalue weighted by Crippen LogP contribution is 2.35. The molecule has 1 aliphatic heterocycles. The van der Waals surface area contributed by atoms with Crippen LogP contribution in [0, 0.1) is 0 Å². The van der Waals surface area contributed by atoms with Crippen LogP contribution in [0.1, 0.15) is 24.6 Å². The molecule has 0 saturated carbocycles. The van der Waals surface area contributed by atoms with E-state index in [1.807, 2.05) is 37.4 Å². The highest BCUT2D eigenvalue weighted by molar-refractivity contribution is 7.94. The van der Waals surface area contributed by atoms with E-state index in [4.69, 9.17) is 14.5 Å². The molecule has 0 bridgehead atoms. The second-order valence-corrected chi connectivity index (χ2v) is 14.0. The maximum atomic E-state index is 13.7. The van der Waals surface area contributed by atoms with Crippen molar-refractivity contribution < 1.29 is 17.9 Å². The Kier molecular flexibility index (Phi) is 8.81. The van der Waals surface area contributed by atoms with Gasteiger partial charge in [-0.15, -0.1) is 22.7 Å². The quantitative estimate of drug-likeness (QED) is 0.183. The maximum Gasteiger partial charge on any atom is 0.316 e. The van der Waals surface area contributed by atoms with Crippen LogP contribution in [0.2, 0.25) is 0 Å². The monoisotopic (exact) mass is 624 g/mol. The molecule has 1 N–H and O–H groups in total. The predicted molar refractivity (Wildman–Crippen MR) is 166 cm³/mol. The molecule has 5 aromatic rings. The largest absolute Gasteiger partial charge is 0.460 e. The summed E-state index contributed by atoms with van der Waals surface area (Å²) in [7, 11) is -3.75. The zero-order valence-corrected chi connectivity index (χ0v) is 25.6. The lowest BCUT2D eigenvalue weighted by molar-refractivity contribution is 0.0897. The highest BCUT2D eigenvalue weighted by Gasteiger charge is 2.28. The van der Waals surface area contributed by atoms with Crippen molar-refractivity contribution in [2.24, 2.45) is 0 Å². The smallest absolute Gasteiger partial charge is 0.316 e.